The van der Waals surface area contributed by atoms with Crippen LogP contribution in [0.1, 0.15) is 5.56 Å². The van der Waals surface area contributed by atoms with Gasteiger partial charge >= 0.3 is 0 Å². The zero-order valence-corrected chi connectivity index (χ0v) is 8.30. The van der Waals surface area contributed by atoms with Gasteiger partial charge in [-0.3, -0.25) is 0 Å². The van der Waals surface area contributed by atoms with Crippen molar-refractivity contribution in [1.29, 1.82) is 5.26 Å². The second kappa shape index (κ2) is 3.70. The molecular weight excluding hydrogens is 242 g/mol. The topological polar surface area (TPSA) is 57.9 Å². The van der Waals surface area contributed by atoms with Crippen LogP contribution in [-0.2, 0) is 10.7 Å². The van der Waals surface area contributed by atoms with Crippen LogP contribution in [0.25, 0.3) is 0 Å². The van der Waals surface area contributed by atoms with Gasteiger partial charge in [0.05, 0.1) is 10.5 Å². The summed E-state index contributed by atoms with van der Waals surface area (Å²) < 4.78 is 21.8. The van der Waals surface area contributed by atoms with Crippen molar-refractivity contribution < 1.29 is 8.42 Å². The van der Waals surface area contributed by atoms with Gasteiger partial charge in [-0.1, -0.05) is 15.9 Å². The highest BCUT2D eigenvalue weighted by molar-refractivity contribution is 9.10. The molecular formula is C7H4BrNO2S. The monoisotopic (exact) mass is 245 g/mol. The highest BCUT2D eigenvalue weighted by Gasteiger charge is 2.03. The molecule has 1 aromatic rings. The number of halogens is 1. The fourth-order valence-corrected chi connectivity index (χ4v) is 1.85. The van der Waals surface area contributed by atoms with Crippen LogP contribution < -0.4 is 0 Å². The molecule has 0 unspecified atom stereocenters. The molecule has 0 aliphatic rings. The first-order valence-electron chi connectivity index (χ1n) is 2.99. The summed E-state index contributed by atoms with van der Waals surface area (Å²) in [6, 6.07) is 6.30. The minimum Gasteiger partial charge on any atom is -0.227 e. The number of rotatable bonds is 1. The van der Waals surface area contributed by atoms with Gasteiger partial charge in [-0.05, 0) is 18.2 Å². The molecule has 0 amide bonds. The molecule has 0 aromatic heterocycles. The highest BCUT2D eigenvalue weighted by atomic mass is 79.9. The molecule has 3 nitrogen and oxygen atoms in total. The van der Waals surface area contributed by atoms with Crippen LogP contribution in [0.15, 0.2) is 27.6 Å². The lowest BCUT2D eigenvalue weighted by Gasteiger charge is -1.94. The molecule has 0 aliphatic carbocycles. The highest BCUT2D eigenvalue weighted by Crippen LogP contribution is 2.16. The van der Waals surface area contributed by atoms with Crippen molar-refractivity contribution in [3.8, 4) is 6.07 Å². The maximum absolute atomic E-state index is 10.6. The predicted molar refractivity (Wildman–Crippen MR) is 47.4 cm³/mol. The smallest absolute Gasteiger partial charge is 0.169 e. The van der Waals surface area contributed by atoms with E-state index in [9.17, 15) is 8.42 Å². The van der Waals surface area contributed by atoms with E-state index in [0.717, 1.165) is 0 Å². The lowest BCUT2D eigenvalue weighted by molar-refractivity contribution is 0.614. The van der Waals surface area contributed by atoms with E-state index in [-0.39, 0.29) is 10.5 Å². The standard InChI is InChI=1S/C7H4BrNO2S/c8-6-2-1-5(4-9)7(3-6)12(10)11/h1-3,12H. The Morgan fingerprint density at radius 3 is 2.58 bits per heavy atom. The third kappa shape index (κ3) is 1.84. The van der Waals surface area contributed by atoms with Crippen molar-refractivity contribution in [1.82, 2.24) is 0 Å². The van der Waals surface area contributed by atoms with Gasteiger partial charge in [0.15, 0.2) is 10.7 Å². The summed E-state index contributed by atoms with van der Waals surface area (Å²) in [6.07, 6.45) is 0. The Morgan fingerprint density at radius 2 is 2.08 bits per heavy atom. The fraction of sp³-hybridized carbons (Fsp3) is 0. The van der Waals surface area contributed by atoms with Crippen LogP contribution in [0.3, 0.4) is 0 Å². The molecule has 0 saturated carbocycles. The number of nitriles is 1. The maximum atomic E-state index is 10.6. The van der Waals surface area contributed by atoms with E-state index >= 15 is 0 Å². The zero-order valence-electron chi connectivity index (χ0n) is 5.82. The van der Waals surface area contributed by atoms with Gasteiger partial charge in [0, 0.05) is 4.47 Å². The van der Waals surface area contributed by atoms with E-state index in [0.29, 0.717) is 4.47 Å². The number of nitrogens with zero attached hydrogens (tertiary/aromatic N) is 1. The maximum Gasteiger partial charge on any atom is 0.169 e. The first-order valence-corrected chi connectivity index (χ1v) is 4.96. The largest absolute Gasteiger partial charge is 0.227 e. The Balaban J connectivity index is 3.44. The van der Waals surface area contributed by atoms with Crippen LogP contribution in [0.4, 0.5) is 0 Å². The van der Waals surface area contributed by atoms with E-state index < -0.39 is 10.7 Å². The summed E-state index contributed by atoms with van der Waals surface area (Å²) in [4.78, 5) is 0.0573. The van der Waals surface area contributed by atoms with Crippen molar-refractivity contribution in [3.05, 3.63) is 28.2 Å². The van der Waals surface area contributed by atoms with Gasteiger partial charge in [0.25, 0.3) is 0 Å². The third-order valence-corrected chi connectivity index (χ3v) is 2.53. The van der Waals surface area contributed by atoms with Crippen LogP contribution in [-0.4, -0.2) is 8.42 Å². The Bertz CT molecular complexity index is 412. The quantitative estimate of drug-likeness (QED) is 0.759. The van der Waals surface area contributed by atoms with Gasteiger partial charge in [0.1, 0.15) is 6.07 Å². The summed E-state index contributed by atoms with van der Waals surface area (Å²) >= 11 is 3.12. The molecule has 0 aliphatic heterocycles. The van der Waals surface area contributed by atoms with Crippen LogP contribution in [0.5, 0.6) is 0 Å². The molecule has 1 rings (SSSR count). The molecule has 62 valence electrons. The molecule has 5 heteroatoms. The van der Waals surface area contributed by atoms with E-state index in [1.165, 1.54) is 12.1 Å². The van der Waals surface area contributed by atoms with Crippen molar-refractivity contribution in [2.75, 3.05) is 0 Å². The molecule has 12 heavy (non-hydrogen) atoms. The number of benzene rings is 1. The Morgan fingerprint density at radius 1 is 1.42 bits per heavy atom. The lowest BCUT2D eigenvalue weighted by atomic mass is 10.2. The van der Waals surface area contributed by atoms with Crippen molar-refractivity contribution in [3.63, 3.8) is 0 Å². The lowest BCUT2D eigenvalue weighted by Crippen LogP contribution is -1.86. The van der Waals surface area contributed by atoms with E-state index in [1.54, 1.807) is 12.1 Å². The van der Waals surface area contributed by atoms with Crippen LogP contribution >= 0.6 is 15.9 Å². The average molecular weight is 246 g/mol. The predicted octanol–water partition coefficient (Wildman–Crippen LogP) is 1.29. The van der Waals surface area contributed by atoms with E-state index in [2.05, 4.69) is 15.9 Å². The van der Waals surface area contributed by atoms with Gasteiger partial charge in [-0.25, -0.2) is 8.42 Å². The van der Waals surface area contributed by atoms with Gasteiger partial charge in [-0.15, -0.1) is 0 Å². The summed E-state index contributed by atoms with van der Waals surface area (Å²) in [6.45, 7) is 0. The average Bonchev–Trinajstić information content (AvgIpc) is 2.04. The third-order valence-electron chi connectivity index (χ3n) is 1.28. The Hall–Kier alpha value is -0.860. The Labute approximate surface area is 79.7 Å². The SMILES string of the molecule is N#Cc1ccc(Br)cc1[SH](=O)=O. The summed E-state index contributed by atoms with van der Waals surface area (Å²) in [7, 11) is -2.69. The molecule has 0 radical (unpaired) electrons. The van der Waals surface area contributed by atoms with Crippen molar-refractivity contribution in [2.45, 2.75) is 4.90 Å². The first kappa shape index (κ1) is 9.23. The second-order valence-corrected chi connectivity index (χ2v) is 3.94. The zero-order chi connectivity index (χ0) is 9.14. The van der Waals surface area contributed by atoms with Crippen molar-refractivity contribution in [2.24, 2.45) is 0 Å². The number of hydrogen-bond donors (Lipinski definition) is 1. The van der Waals surface area contributed by atoms with Gasteiger partial charge in [-0.2, -0.15) is 5.26 Å². The summed E-state index contributed by atoms with van der Waals surface area (Å²) in [5, 5.41) is 8.53. The molecule has 0 spiro atoms. The second-order valence-electron chi connectivity index (χ2n) is 2.03. The molecule has 0 heterocycles. The normalized spacial score (nSPS) is 9.75. The summed E-state index contributed by atoms with van der Waals surface area (Å²) in [5.41, 5.74) is 0.175. The minimum atomic E-state index is -2.69. The van der Waals surface area contributed by atoms with Crippen molar-refractivity contribution >= 4 is 26.6 Å². The van der Waals surface area contributed by atoms with Crippen LogP contribution in [0, 0.1) is 11.3 Å². The fourth-order valence-electron chi connectivity index (χ4n) is 0.750. The van der Waals surface area contributed by atoms with Crippen LogP contribution in [0.2, 0.25) is 0 Å². The molecule has 0 fully saturated rings. The minimum absolute atomic E-state index is 0.0573. The Kier molecular flexibility index (Phi) is 2.84. The molecule has 0 N–H and O–H groups in total. The van der Waals surface area contributed by atoms with E-state index in [4.69, 9.17) is 5.26 Å². The molecule has 1 aromatic carbocycles. The molecule has 0 saturated heterocycles. The number of thiol groups is 1. The number of hydrogen-bond acceptors (Lipinski definition) is 3. The molecule has 0 bridgehead atoms. The van der Waals surface area contributed by atoms with Gasteiger partial charge < -0.3 is 0 Å². The van der Waals surface area contributed by atoms with Gasteiger partial charge in [0.2, 0.25) is 0 Å². The van der Waals surface area contributed by atoms with E-state index in [1.807, 2.05) is 0 Å². The molecule has 0 atom stereocenters. The summed E-state index contributed by atoms with van der Waals surface area (Å²) in [5.74, 6) is 0. The first-order chi connectivity index (χ1) is 5.65.